The van der Waals surface area contributed by atoms with E-state index in [1.165, 1.54) is 4.70 Å². The van der Waals surface area contributed by atoms with Crippen LogP contribution in [0.15, 0.2) is 24.3 Å². The number of nitrogens with two attached hydrogens (primary N) is 1. The summed E-state index contributed by atoms with van der Waals surface area (Å²) in [6.07, 6.45) is 1.92. The number of nitrogens with zero attached hydrogens (tertiary/aromatic N) is 3. The third-order valence-electron chi connectivity index (χ3n) is 4.33. The summed E-state index contributed by atoms with van der Waals surface area (Å²) in [6.45, 7) is 3.40. The first-order valence-electron chi connectivity index (χ1n) is 7.60. The SMILES string of the molecule is CN1CCN(C)C(CC(N)Cc2nc3ccccc3s2)C1. The Bertz CT molecular complexity index is 564. The van der Waals surface area contributed by atoms with E-state index in [4.69, 9.17) is 10.7 Å². The van der Waals surface area contributed by atoms with Gasteiger partial charge in [0.15, 0.2) is 0 Å². The first kappa shape index (κ1) is 14.9. The summed E-state index contributed by atoms with van der Waals surface area (Å²) in [5.41, 5.74) is 7.48. The van der Waals surface area contributed by atoms with Crippen LogP contribution in [0.5, 0.6) is 0 Å². The maximum atomic E-state index is 6.39. The van der Waals surface area contributed by atoms with Gasteiger partial charge in [0.25, 0.3) is 0 Å². The van der Waals surface area contributed by atoms with Crippen molar-refractivity contribution in [3.63, 3.8) is 0 Å². The summed E-state index contributed by atoms with van der Waals surface area (Å²) in [7, 11) is 4.40. The van der Waals surface area contributed by atoms with Gasteiger partial charge in [-0.25, -0.2) is 4.98 Å². The number of thiazole rings is 1. The molecular weight excluding hydrogens is 280 g/mol. The highest BCUT2D eigenvalue weighted by atomic mass is 32.1. The molecule has 0 aliphatic carbocycles. The van der Waals surface area contributed by atoms with Crippen LogP contribution >= 0.6 is 11.3 Å². The molecule has 0 amide bonds. The smallest absolute Gasteiger partial charge is 0.0954 e. The lowest BCUT2D eigenvalue weighted by Gasteiger charge is -2.38. The maximum Gasteiger partial charge on any atom is 0.0954 e. The molecule has 0 radical (unpaired) electrons. The molecule has 114 valence electrons. The number of fused-ring (bicyclic) bond motifs is 1. The number of aromatic nitrogens is 1. The van der Waals surface area contributed by atoms with Crippen molar-refractivity contribution in [2.45, 2.75) is 24.9 Å². The van der Waals surface area contributed by atoms with Crippen LogP contribution in [0.3, 0.4) is 0 Å². The van der Waals surface area contributed by atoms with E-state index in [0.717, 1.165) is 43.0 Å². The molecule has 4 nitrogen and oxygen atoms in total. The Balaban J connectivity index is 1.61. The van der Waals surface area contributed by atoms with E-state index in [2.05, 4.69) is 42.1 Å². The Hall–Kier alpha value is -1.01. The Morgan fingerprint density at radius 3 is 2.95 bits per heavy atom. The summed E-state index contributed by atoms with van der Waals surface area (Å²) in [5, 5.41) is 1.16. The molecule has 2 atom stereocenters. The van der Waals surface area contributed by atoms with E-state index < -0.39 is 0 Å². The van der Waals surface area contributed by atoms with Gasteiger partial charge in [-0.1, -0.05) is 12.1 Å². The average molecular weight is 304 g/mol. The van der Waals surface area contributed by atoms with Crippen molar-refractivity contribution in [3.05, 3.63) is 29.3 Å². The van der Waals surface area contributed by atoms with Gasteiger partial charge in [-0.3, -0.25) is 0 Å². The number of piperazine rings is 1. The zero-order chi connectivity index (χ0) is 14.8. The quantitative estimate of drug-likeness (QED) is 0.935. The molecular formula is C16H24N4S. The lowest BCUT2D eigenvalue weighted by molar-refractivity contribution is 0.104. The van der Waals surface area contributed by atoms with Crippen molar-refractivity contribution < 1.29 is 0 Å². The molecule has 5 heteroatoms. The van der Waals surface area contributed by atoms with Crippen LogP contribution in [0.2, 0.25) is 0 Å². The van der Waals surface area contributed by atoms with Crippen molar-refractivity contribution in [1.29, 1.82) is 0 Å². The monoisotopic (exact) mass is 304 g/mol. The second-order valence-electron chi connectivity index (χ2n) is 6.17. The number of hydrogen-bond acceptors (Lipinski definition) is 5. The molecule has 1 aromatic heterocycles. The van der Waals surface area contributed by atoms with Crippen molar-refractivity contribution in [3.8, 4) is 0 Å². The van der Waals surface area contributed by atoms with Gasteiger partial charge < -0.3 is 15.5 Å². The predicted octanol–water partition coefficient (Wildman–Crippen LogP) is 1.80. The van der Waals surface area contributed by atoms with E-state index in [9.17, 15) is 0 Å². The van der Waals surface area contributed by atoms with Crippen molar-refractivity contribution in [2.24, 2.45) is 5.73 Å². The normalized spacial score (nSPS) is 22.7. The summed E-state index contributed by atoms with van der Waals surface area (Å²) in [4.78, 5) is 9.53. The molecule has 1 aliphatic heterocycles. The molecule has 2 N–H and O–H groups in total. The molecule has 2 aromatic rings. The summed E-state index contributed by atoms with van der Waals surface area (Å²) >= 11 is 1.77. The largest absolute Gasteiger partial charge is 0.327 e. The topological polar surface area (TPSA) is 45.4 Å². The molecule has 2 unspecified atom stereocenters. The number of rotatable bonds is 4. The molecule has 0 bridgehead atoms. The highest BCUT2D eigenvalue weighted by molar-refractivity contribution is 7.18. The fraction of sp³-hybridized carbons (Fsp3) is 0.562. The molecule has 0 spiro atoms. The van der Waals surface area contributed by atoms with Crippen molar-refractivity contribution >= 4 is 21.6 Å². The molecule has 21 heavy (non-hydrogen) atoms. The van der Waals surface area contributed by atoms with E-state index >= 15 is 0 Å². The molecule has 2 heterocycles. The minimum Gasteiger partial charge on any atom is -0.327 e. The summed E-state index contributed by atoms with van der Waals surface area (Å²) in [5.74, 6) is 0. The third-order valence-corrected chi connectivity index (χ3v) is 5.39. The lowest BCUT2D eigenvalue weighted by atomic mass is 10.0. The molecule has 1 aromatic carbocycles. The first-order chi connectivity index (χ1) is 10.1. The third kappa shape index (κ3) is 3.61. The van der Waals surface area contributed by atoms with Gasteiger partial charge in [-0.15, -0.1) is 11.3 Å². The summed E-state index contributed by atoms with van der Waals surface area (Å²) in [6, 6.07) is 9.06. The highest BCUT2D eigenvalue weighted by Gasteiger charge is 2.24. The molecule has 1 fully saturated rings. The minimum absolute atomic E-state index is 0.185. The van der Waals surface area contributed by atoms with Crippen LogP contribution in [0.4, 0.5) is 0 Å². The van der Waals surface area contributed by atoms with Crippen molar-refractivity contribution in [1.82, 2.24) is 14.8 Å². The lowest BCUT2D eigenvalue weighted by Crippen LogP contribution is -2.51. The van der Waals surface area contributed by atoms with Crippen LogP contribution in [0.1, 0.15) is 11.4 Å². The fourth-order valence-corrected chi connectivity index (χ4v) is 4.08. The van der Waals surface area contributed by atoms with E-state index in [1.807, 2.05) is 6.07 Å². The van der Waals surface area contributed by atoms with Gasteiger partial charge in [-0.05, 0) is 32.6 Å². The highest BCUT2D eigenvalue weighted by Crippen LogP contribution is 2.23. The Morgan fingerprint density at radius 2 is 2.14 bits per heavy atom. The van der Waals surface area contributed by atoms with Gasteiger partial charge in [0.05, 0.1) is 15.2 Å². The Morgan fingerprint density at radius 1 is 1.33 bits per heavy atom. The zero-order valence-corrected chi connectivity index (χ0v) is 13.6. The van der Waals surface area contributed by atoms with Gasteiger partial charge in [0, 0.05) is 38.1 Å². The number of likely N-dealkylation sites (N-methyl/N-ethyl adjacent to an activating group) is 2. The van der Waals surface area contributed by atoms with Gasteiger partial charge >= 0.3 is 0 Å². The Labute approximate surface area is 130 Å². The van der Waals surface area contributed by atoms with Gasteiger partial charge in [-0.2, -0.15) is 0 Å². The fourth-order valence-electron chi connectivity index (χ4n) is 3.02. The predicted molar refractivity (Wildman–Crippen MR) is 89.8 cm³/mol. The Kier molecular flexibility index (Phi) is 4.54. The first-order valence-corrected chi connectivity index (χ1v) is 8.42. The second-order valence-corrected chi connectivity index (χ2v) is 7.29. The van der Waals surface area contributed by atoms with E-state index in [0.29, 0.717) is 6.04 Å². The van der Waals surface area contributed by atoms with Crippen LogP contribution in [0.25, 0.3) is 10.2 Å². The van der Waals surface area contributed by atoms with E-state index in [-0.39, 0.29) is 6.04 Å². The van der Waals surface area contributed by atoms with Crippen LogP contribution in [-0.4, -0.2) is 60.6 Å². The maximum absolute atomic E-state index is 6.39. The minimum atomic E-state index is 0.185. The standard InChI is InChI=1S/C16H24N4S/c1-19-7-8-20(2)13(11-19)9-12(17)10-16-18-14-5-3-4-6-15(14)21-16/h3-6,12-13H,7-11,17H2,1-2H3. The zero-order valence-electron chi connectivity index (χ0n) is 12.8. The van der Waals surface area contributed by atoms with Crippen LogP contribution < -0.4 is 5.73 Å². The second kappa shape index (κ2) is 6.40. The molecule has 3 rings (SSSR count). The van der Waals surface area contributed by atoms with E-state index in [1.54, 1.807) is 11.3 Å². The molecule has 0 saturated carbocycles. The van der Waals surface area contributed by atoms with Crippen LogP contribution in [0, 0.1) is 0 Å². The number of para-hydroxylation sites is 1. The molecule has 1 saturated heterocycles. The average Bonchev–Trinajstić information content (AvgIpc) is 2.84. The van der Waals surface area contributed by atoms with Gasteiger partial charge in [0.2, 0.25) is 0 Å². The molecule has 1 aliphatic rings. The number of hydrogen-bond donors (Lipinski definition) is 1. The van der Waals surface area contributed by atoms with Crippen LogP contribution in [-0.2, 0) is 6.42 Å². The van der Waals surface area contributed by atoms with Crippen molar-refractivity contribution in [2.75, 3.05) is 33.7 Å². The number of benzene rings is 1. The summed E-state index contributed by atoms with van der Waals surface area (Å²) < 4.78 is 1.26. The van der Waals surface area contributed by atoms with Gasteiger partial charge in [0.1, 0.15) is 0 Å².